The number of nitrogen functional groups attached to an aromatic ring is 1. The standard InChI is InChI=1S/C19H18BrN5O3/c1-27-15-5-3-2-4-14(15)22-19-24-16(23-18(21)25-19)11-28-17(26)10-12-6-8-13(20)9-7-12/h2-9H,10-11H2,1H3,(H3,21,22,23,24,25). The lowest BCUT2D eigenvalue weighted by Crippen LogP contribution is -2.12. The van der Waals surface area contributed by atoms with Crippen LogP contribution in [0.25, 0.3) is 0 Å². The number of hydrogen-bond donors (Lipinski definition) is 2. The molecule has 0 aliphatic heterocycles. The third kappa shape index (κ3) is 5.40. The molecule has 0 atom stereocenters. The first-order valence-electron chi connectivity index (χ1n) is 8.34. The van der Waals surface area contributed by atoms with Crippen molar-refractivity contribution in [2.24, 2.45) is 0 Å². The van der Waals surface area contributed by atoms with Gasteiger partial charge in [0.05, 0.1) is 19.2 Å². The van der Waals surface area contributed by atoms with Crippen LogP contribution in [-0.2, 0) is 22.6 Å². The van der Waals surface area contributed by atoms with Gasteiger partial charge in [-0.1, -0.05) is 40.2 Å². The summed E-state index contributed by atoms with van der Waals surface area (Å²) in [6.07, 6.45) is 0.153. The Morgan fingerprint density at radius 3 is 2.61 bits per heavy atom. The van der Waals surface area contributed by atoms with E-state index >= 15 is 0 Å². The summed E-state index contributed by atoms with van der Waals surface area (Å²) in [4.78, 5) is 24.4. The fraction of sp³-hybridized carbons (Fsp3) is 0.158. The van der Waals surface area contributed by atoms with E-state index in [1.807, 2.05) is 42.5 Å². The number of para-hydroxylation sites is 2. The fourth-order valence-electron chi connectivity index (χ4n) is 2.39. The number of nitrogens with two attached hydrogens (primary N) is 1. The van der Waals surface area contributed by atoms with Crippen molar-refractivity contribution in [1.29, 1.82) is 0 Å². The zero-order chi connectivity index (χ0) is 19.9. The number of esters is 1. The number of methoxy groups -OCH3 is 1. The summed E-state index contributed by atoms with van der Waals surface area (Å²) in [6.45, 7) is -0.108. The molecular weight excluding hydrogens is 426 g/mol. The summed E-state index contributed by atoms with van der Waals surface area (Å²) in [7, 11) is 1.57. The van der Waals surface area contributed by atoms with Gasteiger partial charge in [-0.05, 0) is 29.8 Å². The Morgan fingerprint density at radius 2 is 1.86 bits per heavy atom. The molecule has 3 rings (SSSR count). The van der Waals surface area contributed by atoms with Crippen LogP contribution in [0.1, 0.15) is 11.4 Å². The summed E-state index contributed by atoms with van der Waals surface area (Å²) < 4.78 is 11.5. The molecule has 144 valence electrons. The molecule has 0 bridgehead atoms. The first kappa shape index (κ1) is 19.6. The van der Waals surface area contributed by atoms with Crippen LogP contribution in [0.2, 0.25) is 0 Å². The number of aromatic nitrogens is 3. The van der Waals surface area contributed by atoms with Crippen LogP contribution >= 0.6 is 15.9 Å². The minimum atomic E-state index is -0.388. The van der Waals surface area contributed by atoms with Gasteiger partial charge in [-0.3, -0.25) is 4.79 Å². The van der Waals surface area contributed by atoms with Gasteiger partial charge < -0.3 is 20.5 Å². The molecule has 0 fully saturated rings. The molecule has 0 aliphatic rings. The average molecular weight is 444 g/mol. The third-order valence-corrected chi connectivity index (χ3v) is 4.21. The molecule has 9 heteroatoms. The van der Waals surface area contributed by atoms with Crippen LogP contribution in [0.3, 0.4) is 0 Å². The first-order valence-corrected chi connectivity index (χ1v) is 9.13. The predicted molar refractivity (Wildman–Crippen MR) is 108 cm³/mol. The van der Waals surface area contributed by atoms with Gasteiger partial charge in [-0.2, -0.15) is 15.0 Å². The van der Waals surface area contributed by atoms with Crippen LogP contribution in [0.4, 0.5) is 17.6 Å². The number of halogens is 1. The molecular formula is C19H18BrN5O3. The predicted octanol–water partition coefficient (Wildman–Crippen LogP) is 3.25. The molecule has 1 aromatic heterocycles. The van der Waals surface area contributed by atoms with Crippen LogP contribution in [0.15, 0.2) is 53.0 Å². The Balaban J connectivity index is 1.64. The van der Waals surface area contributed by atoms with Crippen molar-refractivity contribution < 1.29 is 14.3 Å². The van der Waals surface area contributed by atoms with Crippen molar-refractivity contribution in [3.05, 3.63) is 64.4 Å². The maximum Gasteiger partial charge on any atom is 0.310 e. The number of hydrogen-bond acceptors (Lipinski definition) is 8. The molecule has 3 aromatic rings. The molecule has 1 heterocycles. The van der Waals surface area contributed by atoms with E-state index in [4.69, 9.17) is 15.2 Å². The second-order valence-corrected chi connectivity index (χ2v) is 6.64. The normalized spacial score (nSPS) is 10.4. The average Bonchev–Trinajstić information content (AvgIpc) is 2.68. The van der Waals surface area contributed by atoms with Crippen molar-refractivity contribution >= 4 is 39.5 Å². The Morgan fingerprint density at radius 1 is 1.11 bits per heavy atom. The Labute approximate surface area is 170 Å². The van der Waals surface area contributed by atoms with Crippen molar-refractivity contribution in [3.63, 3.8) is 0 Å². The van der Waals surface area contributed by atoms with Crippen molar-refractivity contribution in [1.82, 2.24) is 15.0 Å². The Bertz CT molecular complexity index is 966. The molecule has 0 saturated heterocycles. The second-order valence-electron chi connectivity index (χ2n) is 5.72. The lowest BCUT2D eigenvalue weighted by atomic mass is 10.2. The van der Waals surface area contributed by atoms with E-state index in [1.165, 1.54) is 0 Å². The Kier molecular flexibility index (Phi) is 6.38. The molecule has 28 heavy (non-hydrogen) atoms. The lowest BCUT2D eigenvalue weighted by Gasteiger charge is -2.11. The van der Waals surface area contributed by atoms with Gasteiger partial charge in [-0.25, -0.2) is 0 Å². The highest BCUT2D eigenvalue weighted by Crippen LogP contribution is 2.25. The van der Waals surface area contributed by atoms with E-state index in [-0.39, 0.29) is 36.7 Å². The zero-order valence-electron chi connectivity index (χ0n) is 15.1. The summed E-state index contributed by atoms with van der Waals surface area (Å²) in [5, 5.41) is 3.03. The molecule has 0 amide bonds. The van der Waals surface area contributed by atoms with Crippen LogP contribution < -0.4 is 15.8 Å². The van der Waals surface area contributed by atoms with Crippen LogP contribution in [0.5, 0.6) is 5.75 Å². The summed E-state index contributed by atoms with van der Waals surface area (Å²) in [5.74, 6) is 0.737. The van der Waals surface area contributed by atoms with Gasteiger partial charge in [0.15, 0.2) is 12.4 Å². The third-order valence-electron chi connectivity index (χ3n) is 3.68. The highest BCUT2D eigenvalue weighted by atomic mass is 79.9. The second kappa shape index (κ2) is 9.14. The van der Waals surface area contributed by atoms with Gasteiger partial charge in [0, 0.05) is 4.47 Å². The van der Waals surface area contributed by atoms with E-state index in [0.717, 1.165) is 10.0 Å². The minimum Gasteiger partial charge on any atom is -0.495 e. The van der Waals surface area contributed by atoms with Gasteiger partial charge in [0.1, 0.15) is 5.75 Å². The molecule has 0 radical (unpaired) electrons. The van der Waals surface area contributed by atoms with Gasteiger partial charge in [-0.15, -0.1) is 0 Å². The van der Waals surface area contributed by atoms with E-state index in [1.54, 1.807) is 13.2 Å². The maximum atomic E-state index is 12.0. The number of carbonyl (C=O) groups excluding carboxylic acids is 1. The number of anilines is 3. The van der Waals surface area contributed by atoms with Gasteiger partial charge >= 0.3 is 5.97 Å². The van der Waals surface area contributed by atoms with Crippen molar-refractivity contribution in [2.75, 3.05) is 18.2 Å². The molecule has 2 aromatic carbocycles. The number of ether oxygens (including phenoxy) is 2. The smallest absolute Gasteiger partial charge is 0.310 e. The molecule has 0 spiro atoms. The van der Waals surface area contributed by atoms with Gasteiger partial charge in [0.25, 0.3) is 0 Å². The molecule has 0 saturated carbocycles. The molecule has 0 unspecified atom stereocenters. The number of benzene rings is 2. The first-order chi connectivity index (χ1) is 13.5. The number of nitrogens with zero attached hydrogens (tertiary/aromatic N) is 3. The zero-order valence-corrected chi connectivity index (χ0v) is 16.6. The monoisotopic (exact) mass is 443 g/mol. The topological polar surface area (TPSA) is 112 Å². The van der Waals surface area contributed by atoms with Crippen LogP contribution in [0, 0.1) is 0 Å². The summed E-state index contributed by atoms with van der Waals surface area (Å²) in [6, 6.07) is 14.7. The van der Waals surface area contributed by atoms with Crippen LogP contribution in [-0.4, -0.2) is 28.0 Å². The maximum absolute atomic E-state index is 12.0. The quantitative estimate of drug-likeness (QED) is 0.534. The number of carbonyl (C=O) groups is 1. The Hall–Kier alpha value is -3.20. The number of nitrogens with one attached hydrogen (secondary N) is 1. The van der Waals surface area contributed by atoms with Crippen molar-refractivity contribution in [3.8, 4) is 5.75 Å². The van der Waals surface area contributed by atoms with E-state index < -0.39 is 0 Å². The molecule has 3 N–H and O–H groups in total. The van der Waals surface area contributed by atoms with E-state index in [2.05, 4.69) is 36.2 Å². The van der Waals surface area contributed by atoms with E-state index in [9.17, 15) is 4.79 Å². The van der Waals surface area contributed by atoms with Gasteiger partial charge in [0.2, 0.25) is 11.9 Å². The minimum absolute atomic E-state index is 0.0198. The lowest BCUT2D eigenvalue weighted by molar-refractivity contribution is -0.144. The SMILES string of the molecule is COc1ccccc1Nc1nc(N)nc(COC(=O)Cc2ccc(Br)cc2)n1. The molecule has 8 nitrogen and oxygen atoms in total. The summed E-state index contributed by atoms with van der Waals surface area (Å²) >= 11 is 3.35. The van der Waals surface area contributed by atoms with Crippen molar-refractivity contribution in [2.45, 2.75) is 13.0 Å². The number of rotatable bonds is 7. The highest BCUT2D eigenvalue weighted by molar-refractivity contribution is 9.10. The largest absolute Gasteiger partial charge is 0.495 e. The fourth-order valence-corrected chi connectivity index (χ4v) is 2.66. The highest BCUT2D eigenvalue weighted by Gasteiger charge is 2.11. The molecule has 0 aliphatic carbocycles. The summed E-state index contributed by atoms with van der Waals surface area (Å²) in [5.41, 5.74) is 7.27. The van der Waals surface area contributed by atoms with E-state index in [0.29, 0.717) is 11.4 Å².